The summed E-state index contributed by atoms with van der Waals surface area (Å²) in [5.41, 5.74) is 3.92. The van der Waals surface area contributed by atoms with Crippen LogP contribution in [0.25, 0.3) is 0 Å². The molecule has 1 amide bonds. The Morgan fingerprint density at radius 2 is 1.75 bits per heavy atom. The number of carbonyl (C=O) groups excluding carboxylic acids is 2. The van der Waals surface area contributed by atoms with Crippen LogP contribution in [0, 0.1) is 11.3 Å². The molecule has 0 spiro atoms. The van der Waals surface area contributed by atoms with Crippen LogP contribution >= 0.6 is 11.6 Å². The SMILES string of the molecule is CCc1ccccc1C(=O)OC(CC)C(=O)NC(C)C(Cc1ccc(Cl)cc1)c1cccc(C#N)c1. The third-order valence-corrected chi connectivity index (χ3v) is 6.57. The minimum atomic E-state index is -0.911. The Kier molecular flexibility index (Phi) is 9.67. The van der Waals surface area contributed by atoms with Crippen molar-refractivity contribution in [1.29, 1.82) is 5.26 Å². The van der Waals surface area contributed by atoms with E-state index in [9.17, 15) is 14.9 Å². The topological polar surface area (TPSA) is 79.2 Å². The second-order valence-electron chi connectivity index (χ2n) is 8.78. The molecule has 6 heteroatoms. The quantitative estimate of drug-likeness (QED) is 0.333. The Hall–Kier alpha value is -3.62. The second-order valence-corrected chi connectivity index (χ2v) is 9.22. The van der Waals surface area contributed by atoms with E-state index in [0.717, 1.165) is 16.7 Å². The van der Waals surface area contributed by atoms with Crippen LogP contribution in [0.3, 0.4) is 0 Å². The fourth-order valence-electron chi connectivity index (χ4n) is 4.26. The maximum atomic E-state index is 13.2. The minimum absolute atomic E-state index is 0.113. The number of hydrogen-bond donors (Lipinski definition) is 1. The highest BCUT2D eigenvalue weighted by Gasteiger charge is 2.28. The van der Waals surface area contributed by atoms with Gasteiger partial charge in [0.1, 0.15) is 0 Å². The number of amides is 1. The zero-order valence-electron chi connectivity index (χ0n) is 20.8. The summed E-state index contributed by atoms with van der Waals surface area (Å²) in [7, 11) is 0. The van der Waals surface area contributed by atoms with Crippen molar-refractivity contribution in [3.8, 4) is 6.07 Å². The number of benzene rings is 3. The molecule has 3 rings (SSSR count). The van der Waals surface area contributed by atoms with Gasteiger partial charge in [0.25, 0.3) is 5.91 Å². The fraction of sp³-hybridized carbons (Fsp3) is 0.300. The molecule has 3 aromatic carbocycles. The molecule has 3 aromatic rings. The third-order valence-electron chi connectivity index (χ3n) is 6.32. The van der Waals surface area contributed by atoms with E-state index >= 15 is 0 Å². The molecular formula is C30H31ClN2O3. The largest absolute Gasteiger partial charge is 0.449 e. The first-order valence-corrected chi connectivity index (χ1v) is 12.6. The summed E-state index contributed by atoms with van der Waals surface area (Å²) in [4.78, 5) is 26.0. The molecule has 3 unspecified atom stereocenters. The third kappa shape index (κ3) is 6.96. The average molecular weight is 503 g/mol. The molecule has 0 fully saturated rings. The zero-order chi connectivity index (χ0) is 26.1. The molecule has 0 heterocycles. The molecule has 0 bridgehead atoms. The van der Waals surface area contributed by atoms with E-state index < -0.39 is 12.1 Å². The van der Waals surface area contributed by atoms with Gasteiger partial charge in [-0.25, -0.2) is 4.79 Å². The smallest absolute Gasteiger partial charge is 0.339 e. The van der Waals surface area contributed by atoms with Gasteiger partial charge in [0, 0.05) is 17.0 Å². The first-order valence-electron chi connectivity index (χ1n) is 12.2. The molecule has 0 aliphatic carbocycles. The van der Waals surface area contributed by atoms with E-state index in [-0.39, 0.29) is 17.9 Å². The Morgan fingerprint density at radius 3 is 2.42 bits per heavy atom. The summed E-state index contributed by atoms with van der Waals surface area (Å²) < 4.78 is 5.64. The van der Waals surface area contributed by atoms with E-state index in [0.29, 0.717) is 35.4 Å². The van der Waals surface area contributed by atoms with Crippen molar-refractivity contribution in [2.45, 2.75) is 58.1 Å². The molecular weight excluding hydrogens is 472 g/mol. The van der Waals surface area contributed by atoms with Crippen LogP contribution in [0.5, 0.6) is 0 Å². The highest BCUT2D eigenvalue weighted by atomic mass is 35.5. The van der Waals surface area contributed by atoms with E-state index in [1.807, 2.05) is 75.4 Å². The van der Waals surface area contributed by atoms with Crippen molar-refractivity contribution in [1.82, 2.24) is 5.32 Å². The lowest BCUT2D eigenvalue weighted by atomic mass is 9.85. The molecule has 5 nitrogen and oxygen atoms in total. The second kappa shape index (κ2) is 12.9. The Bertz CT molecular complexity index is 1230. The first kappa shape index (κ1) is 27.0. The van der Waals surface area contributed by atoms with Gasteiger partial charge in [-0.15, -0.1) is 0 Å². The van der Waals surface area contributed by atoms with Crippen LogP contribution in [0.4, 0.5) is 0 Å². The predicted molar refractivity (Wildman–Crippen MR) is 142 cm³/mol. The van der Waals surface area contributed by atoms with Crippen molar-refractivity contribution >= 4 is 23.5 Å². The summed E-state index contributed by atoms with van der Waals surface area (Å²) in [5.74, 6) is -0.955. The van der Waals surface area contributed by atoms with Gasteiger partial charge in [-0.2, -0.15) is 5.26 Å². The lowest BCUT2D eigenvalue weighted by molar-refractivity contribution is -0.130. The Morgan fingerprint density at radius 1 is 1.03 bits per heavy atom. The lowest BCUT2D eigenvalue weighted by Crippen LogP contribution is -2.44. The summed E-state index contributed by atoms with van der Waals surface area (Å²) in [6.07, 6.45) is 0.768. The molecule has 186 valence electrons. The summed E-state index contributed by atoms with van der Waals surface area (Å²) >= 11 is 6.06. The molecule has 0 saturated carbocycles. The number of nitrogens with zero attached hydrogens (tertiary/aromatic N) is 1. The molecule has 0 saturated heterocycles. The summed E-state index contributed by atoms with van der Waals surface area (Å²) in [6, 6.07) is 24.2. The number of hydrogen-bond acceptors (Lipinski definition) is 4. The van der Waals surface area contributed by atoms with Crippen molar-refractivity contribution < 1.29 is 14.3 Å². The normalized spacial score (nSPS) is 13.2. The standard InChI is InChI=1S/C30H31ClN2O3/c1-4-23-10-6-7-12-26(23)30(35)36-28(5-2)29(34)33-20(3)27(18-21-13-15-25(31)16-14-21)24-11-8-9-22(17-24)19-32/h6-17,20,27-28H,4-5,18H2,1-3H3,(H,33,34). The number of esters is 1. The van der Waals surface area contributed by atoms with Crippen LogP contribution in [-0.4, -0.2) is 24.0 Å². The van der Waals surface area contributed by atoms with Crippen LogP contribution in [0.1, 0.15) is 65.7 Å². The van der Waals surface area contributed by atoms with E-state index in [2.05, 4.69) is 11.4 Å². The Labute approximate surface area is 218 Å². The van der Waals surface area contributed by atoms with Crippen LogP contribution in [-0.2, 0) is 22.4 Å². The van der Waals surface area contributed by atoms with Crippen molar-refractivity contribution in [3.05, 3.63) is 106 Å². The van der Waals surface area contributed by atoms with Crippen LogP contribution in [0.2, 0.25) is 5.02 Å². The predicted octanol–water partition coefficient (Wildman–Crippen LogP) is 6.24. The number of nitrogens with one attached hydrogen (secondary N) is 1. The molecule has 3 atom stereocenters. The summed E-state index contributed by atoms with van der Waals surface area (Å²) in [6.45, 7) is 5.72. The van der Waals surface area contributed by atoms with Crippen LogP contribution in [0.15, 0.2) is 72.8 Å². The molecule has 1 N–H and O–H groups in total. The number of aryl methyl sites for hydroxylation is 1. The Balaban J connectivity index is 1.79. The number of halogens is 1. The van der Waals surface area contributed by atoms with E-state index in [1.165, 1.54) is 0 Å². The van der Waals surface area contributed by atoms with Gasteiger partial charge in [0.2, 0.25) is 0 Å². The van der Waals surface area contributed by atoms with Gasteiger partial charge in [0.15, 0.2) is 6.10 Å². The van der Waals surface area contributed by atoms with Gasteiger partial charge in [-0.3, -0.25) is 4.79 Å². The van der Waals surface area contributed by atoms with Crippen molar-refractivity contribution in [2.75, 3.05) is 0 Å². The van der Waals surface area contributed by atoms with Gasteiger partial charge in [-0.05, 0) is 73.2 Å². The maximum absolute atomic E-state index is 13.2. The van der Waals surface area contributed by atoms with Crippen molar-refractivity contribution in [3.63, 3.8) is 0 Å². The van der Waals surface area contributed by atoms with E-state index in [1.54, 1.807) is 18.2 Å². The lowest BCUT2D eigenvalue weighted by Gasteiger charge is -2.27. The van der Waals surface area contributed by atoms with Gasteiger partial charge < -0.3 is 10.1 Å². The number of rotatable bonds is 10. The van der Waals surface area contributed by atoms with Gasteiger partial charge in [0.05, 0.1) is 17.2 Å². The fourth-order valence-corrected chi connectivity index (χ4v) is 4.38. The van der Waals surface area contributed by atoms with Crippen molar-refractivity contribution in [2.24, 2.45) is 0 Å². The first-order chi connectivity index (χ1) is 17.4. The number of ether oxygens (including phenoxy) is 1. The van der Waals surface area contributed by atoms with Gasteiger partial charge >= 0.3 is 5.97 Å². The minimum Gasteiger partial charge on any atom is -0.449 e. The number of carbonyl (C=O) groups is 2. The maximum Gasteiger partial charge on any atom is 0.339 e. The van der Waals surface area contributed by atoms with E-state index in [4.69, 9.17) is 16.3 Å². The highest BCUT2D eigenvalue weighted by molar-refractivity contribution is 6.30. The summed E-state index contributed by atoms with van der Waals surface area (Å²) in [5, 5.41) is 13.1. The molecule has 0 radical (unpaired) electrons. The average Bonchev–Trinajstić information content (AvgIpc) is 2.90. The number of nitriles is 1. The van der Waals surface area contributed by atoms with Crippen LogP contribution < -0.4 is 5.32 Å². The molecule has 0 aromatic heterocycles. The molecule has 36 heavy (non-hydrogen) atoms. The molecule has 0 aliphatic heterocycles. The highest BCUT2D eigenvalue weighted by Crippen LogP contribution is 2.26. The van der Waals surface area contributed by atoms with Gasteiger partial charge in [-0.1, -0.05) is 67.9 Å². The zero-order valence-corrected chi connectivity index (χ0v) is 21.6. The molecule has 0 aliphatic rings. The monoisotopic (exact) mass is 502 g/mol.